The quantitative estimate of drug-likeness (QED) is 0.296. The van der Waals surface area contributed by atoms with E-state index in [0.717, 1.165) is 0 Å². The minimum absolute atomic E-state index is 0.0331. The fraction of sp³-hybridized carbons (Fsp3) is 0.269. The van der Waals surface area contributed by atoms with E-state index in [1.165, 1.54) is 12.0 Å². The number of carbonyl (C=O) groups excluding carboxylic acids is 2. The van der Waals surface area contributed by atoms with Crippen LogP contribution in [0.2, 0.25) is 0 Å². The molecular weight excluding hydrogens is 434 g/mol. The molecule has 0 spiro atoms. The molecule has 0 saturated carbocycles. The first-order chi connectivity index (χ1) is 16.5. The van der Waals surface area contributed by atoms with Gasteiger partial charge in [0.05, 0.1) is 31.7 Å². The van der Waals surface area contributed by atoms with E-state index in [9.17, 15) is 14.7 Å². The molecule has 4 rings (SSSR count). The predicted octanol–water partition coefficient (Wildman–Crippen LogP) is 3.80. The molecule has 1 N–H and O–H groups in total. The number of aromatic nitrogens is 2. The summed E-state index contributed by atoms with van der Waals surface area (Å²) in [5, 5.41) is 11.3. The van der Waals surface area contributed by atoms with Crippen molar-refractivity contribution in [2.45, 2.75) is 25.9 Å². The van der Waals surface area contributed by atoms with Gasteiger partial charge in [-0.25, -0.2) is 4.98 Å². The van der Waals surface area contributed by atoms with Gasteiger partial charge in [-0.3, -0.25) is 9.59 Å². The zero-order valence-corrected chi connectivity index (χ0v) is 19.2. The largest absolute Gasteiger partial charge is 0.507 e. The predicted molar refractivity (Wildman–Crippen MR) is 126 cm³/mol. The SMILES string of the molecule is CCOc1cccc(/C(O)=C2\C(=O)C(=O)N(CCCn3ccnc3)C2c2ccccc2OC)c1. The number of amides is 1. The van der Waals surface area contributed by atoms with Crippen molar-refractivity contribution in [1.82, 2.24) is 14.5 Å². The monoisotopic (exact) mass is 461 g/mol. The van der Waals surface area contributed by atoms with Crippen LogP contribution >= 0.6 is 0 Å². The zero-order chi connectivity index (χ0) is 24.1. The maximum absolute atomic E-state index is 13.2. The number of ketones is 1. The van der Waals surface area contributed by atoms with E-state index in [1.54, 1.807) is 42.9 Å². The van der Waals surface area contributed by atoms with Crippen molar-refractivity contribution in [1.29, 1.82) is 0 Å². The number of likely N-dealkylation sites (tertiary alicyclic amines) is 1. The Hall–Kier alpha value is -4.07. The molecule has 34 heavy (non-hydrogen) atoms. The number of aliphatic hydroxyl groups is 1. The summed E-state index contributed by atoms with van der Waals surface area (Å²) in [6.45, 7) is 3.29. The first kappa shape index (κ1) is 23.1. The third kappa shape index (κ3) is 4.52. The average molecular weight is 462 g/mol. The topological polar surface area (TPSA) is 93.9 Å². The Labute approximate surface area is 198 Å². The van der Waals surface area contributed by atoms with Crippen LogP contribution in [-0.2, 0) is 16.1 Å². The lowest BCUT2D eigenvalue weighted by Gasteiger charge is -2.26. The second kappa shape index (κ2) is 10.2. The molecule has 0 aliphatic carbocycles. The molecule has 1 amide bonds. The van der Waals surface area contributed by atoms with E-state index in [1.807, 2.05) is 35.9 Å². The minimum Gasteiger partial charge on any atom is -0.507 e. The molecule has 8 heteroatoms. The molecule has 1 aliphatic rings. The summed E-state index contributed by atoms with van der Waals surface area (Å²) in [7, 11) is 1.54. The maximum Gasteiger partial charge on any atom is 0.295 e. The summed E-state index contributed by atoms with van der Waals surface area (Å²) in [6.07, 6.45) is 5.85. The molecule has 1 atom stereocenters. The summed E-state index contributed by atoms with van der Waals surface area (Å²) < 4.78 is 13.0. The smallest absolute Gasteiger partial charge is 0.295 e. The highest BCUT2D eigenvalue weighted by atomic mass is 16.5. The van der Waals surface area contributed by atoms with Crippen LogP contribution in [0.4, 0.5) is 0 Å². The lowest BCUT2D eigenvalue weighted by molar-refractivity contribution is -0.140. The normalized spacial score (nSPS) is 17.2. The number of imidazole rings is 1. The number of Topliss-reactive ketones (excluding diaryl/α,β-unsaturated/α-hetero) is 1. The number of methoxy groups -OCH3 is 1. The number of aryl methyl sites for hydroxylation is 1. The van der Waals surface area contributed by atoms with E-state index in [-0.39, 0.29) is 11.3 Å². The van der Waals surface area contributed by atoms with Crippen molar-refractivity contribution in [3.63, 3.8) is 0 Å². The minimum atomic E-state index is -0.783. The van der Waals surface area contributed by atoms with Crippen molar-refractivity contribution in [2.75, 3.05) is 20.3 Å². The van der Waals surface area contributed by atoms with Crippen LogP contribution in [0.15, 0.2) is 72.8 Å². The van der Waals surface area contributed by atoms with Crippen molar-refractivity contribution in [3.05, 3.63) is 84.0 Å². The van der Waals surface area contributed by atoms with Crippen molar-refractivity contribution in [3.8, 4) is 11.5 Å². The highest BCUT2D eigenvalue weighted by molar-refractivity contribution is 6.46. The van der Waals surface area contributed by atoms with Gasteiger partial charge in [-0.1, -0.05) is 30.3 Å². The summed E-state index contributed by atoms with van der Waals surface area (Å²) in [5.74, 6) is -0.521. The van der Waals surface area contributed by atoms with Gasteiger partial charge < -0.3 is 24.0 Å². The first-order valence-corrected chi connectivity index (χ1v) is 11.2. The van der Waals surface area contributed by atoms with Gasteiger partial charge in [0.25, 0.3) is 11.7 Å². The third-order valence-corrected chi connectivity index (χ3v) is 5.77. The number of para-hydroxylation sites is 1. The highest BCUT2D eigenvalue weighted by Crippen LogP contribution is 2.42. The number of ether oxygens (including phenoxy) is 2. The standard InChI is InChI=1S/C26H27N3O5/c1-3-34-19-9-6-8-18(16-19)24(30)22-23(20-10-4-5-11-21(20)33-2)29(26(32)25(22)31)14-7-13-28-15-12-27-17-28/h4-6,8-12,15-17,23,30H,3,7,13-14H2,1-2H3/b24-22+. The number of rotatable bonds is 9. The van der Waals surface area contributed by atoms with E-state index in [0.29, 0.717) is 48.7 Å². The van der Waals surface area contributed by atoms with E-state index < -0.39 is 17.7 Å². The number of aliphatic hydroxyl groups excluding tert-OH is 1. The number of carbonyl (C=O) groups is 2. The molecule has 176 valence electrons. The molecule has 0 bridgehead atoms. The molecule has 2 aromatic carbocycles. The van der Waals surface area contributed by atoms with Crippen LogP contribution in [0.1, 0.15) is 30.5 Å². The molecule has 0 radical (unpaired) electrons. The average Bonchev–Trinajstić information content (AvgIpc) is 3.46. The highest BCUT2D eigenvalue weighted by Gasteiger charge is 2.46. The van der Waals surface area contributed by atoms with Gasteiger partial charge in [-0.05, 0) is 31.5 Å². The lowest BCUT2D eigenvalue weighted by atomic mass is 9.94. The molecule has 1 aromatic heterocycles. The van der Waals surface area contributed by atoms with Crippen LogP contribution in [0.25, 0.3) is 5.76 Å². The van der Waals surface area contributed by atoms with Crippen molar-refractivity contribution >= 4 is 17.4 Å². The molecule has 3 aromatic rings. The Morgan fingerprint density at radius 1 is 1.12 bits per heavy atom. The summed E-state index contributed by atoms with van der Waals surface area (Å²) in [6, 6.07) is 13.3. The Bertz CT molecular complexity index is 1200. The van der Waals surface area contributed by atoms with Gasteiger partial charge in [0.2, 0.25) is 0 Å². The van der Waals surface area contributed by atoms with Crippen molar-refractivity contribution < 1.29 is 24.2 Å². The van der Waals surface area contributed by atoms with E-state index in [4.69, 9.17) is 9.47 Å². The second-order valence-corrected chi connectivity index (χ2v) is 7.85. The van der Waals surface area contributed by atoms with E-state index in [2.05, 4.69) is 4.98 Å². The lowest BCUT2D eigenvalue weighted by Crippen LogP contribution is -2.31. The Balaban J connectivity index is 1.77. The van der Waals surface area contributed by atoms with Crippen LogP contribution in [0.5, 0.6) is 11.5 Å². The second-order valence-electron chi connectivity index (χ2n) is 7.85. The van der Waals surface area contributed by atoms with Gasteiger partial charge >= 0.3 is 0 Å². The van der Waals surface area contributed by atoms with Crippen LogP contribution in [0.3, 0.4) is 0 Å². The van der Waals surface area contributed by atoms with Crippen LogP contribution < -0.4 is 9.47 Å². The number of hydrogen-bond donors (Lipinski definition) is 1. The molecule has 1 fully saturated rings. The first-order valence-electron chi connectivity index (χ1n) is 11.2. The van der Waals surface area contributed by atoms with Gasteiger partial charge in [-0.2, -0.15) is 0 Å². The van der Waals surface area contributed by atoms with Crippen LogP contribution in [0, 0.1) is 0 Å². The molecule has 1 saturated heterocycles. The van der Waals surface area contributed by atoms with E-state index >= 15 is 0 Å². The molecule has 1 aliphatic heterocycles. The Morgan fingerprint density at radius 2 is 1.94 bits per heavy atom. The summed E-state index contributed by atoms with van der Waals surface area (Å²) in [4.78, 5) is 31.9. The maximum atomic E-state index is 13.2. The van der Waals surface area contributed by atoms with Gasteiger partial charge in [0.1, 0.15) is 17.3 Å². The van der Waals surface area contributed by atoms with Crippen molar-refractivity contribution in [2.24, 2.45) is 0 Å². The molecule has 2 heterocycles. The fourth-order valence-corrected chi connectivity index (χ4v) is 4.22. The number of hydrogen-bond acceptors (Lipinski definition) is 6. The Morgan fingerprint density at radius 3 is 2.68 bits per heavy atom. The van der Waals surface area contributed by atoms with Gasteiger partial charge in [0, 0.05) is 36.6 Å². The Kier molecular flexibility index (Phi) is 6.96. The summed E-state index contributed by atoms with van der Waals surface area (Å²) in [5.41, 5.74) is 1.07. The van der Waals surface area contributed by atoms with Gasteiger partial charge in [0.15, 0.2) is 0 Å². The third-order valence-electron chi connectivity index (χ3n) is 5.77. The molecular formula is C26H27N3O5. The number of benzene rings is 2. The molecule has 1 unspecified atom stereocenters. The fourth-order valence-electron chi connectivity index (χ4n) is 4.22. The molecule has 8 nitrogen and oxygen atoms in total. The number of nitrogens with zero attached hydrogens (tertiary/aromatic N) is 3. The van der Waals surface area contributed by atoms with Gasteiger partial charge in [-0.15, -0.1) is 0 Å². The summed E-state index contributed by atoms with van der Waals surface area (Å²) >= 11 is 0. The zero-order valence-electron chi connectivity index (χ0n) is 19.2. The van der Waals surface area contributed by atoms with Crippen LogP contribution in [-0.4, -0.2) is 51.5 Å².